The van der Waals surface area contributed by atoms with Crippen molar-refractivity contribution in [2.45, 2.75) is 57.6 Å². The third kappa shape index (κ3) is 4.25. The van der Waals surface area contributed by atoms with Crippen LogP contribution in [0.5, 0.6) is 0 Å². The molecule has 104 valence electrons. The van der Waals surface area contributed by atoms with Crippen molar-refractivity contribution >= 4 is 5.91 Å². The lowest BCUT2D eigenvalue weighted by molar-refractivity contribution is -0.130. The Morgan fingerprint density at radius 3 is 2.78 bits per heavy atom. The van der Waals surface area contributed by atoms with Crippen LogP contribution in [-0.4, -0.2) is 49.2 Å². The van der Waals surface area contributed by atoms with E-state index in [9.17, 15) is 4.79 Å². The molecule has 2 aliphatic rings. The average molecular weight is 254 g/mol. The number of hydrogen-bond acceptors (Lipinski definition) is 3. The SMILES string of the molecule is CC(CCCC(=O)N1CCCC1)NCC1CCO1. The Hall–Kier alpha value is -0.610. The van der Waals surface area contributed by atoms with Crippen LogP contribution < -0.4 is 5.32 Å². The van der Waals surface area contributed by atoms with E-state index >= 15 is 0 Å². The molecule has 0 saturated carbocycles. The van der Waals surface area contributed by atoms with Gasteiger partial charge in [0.15, 0.2) is 0 Å². The van der Waals surface area contributed by atoms with Crippen LogP contribution in [-0.2, 0) is 9.53 Å². The molecule has 2 saturated heterocycles. The molecule has 0 aliphatic carbocycles. The van der Waals surface area contributed by atoms with Gasteiger partial charge in [-0.1, -0.05) is 0 Å². The minimum absolute atomic E-state index is 0.349. The summed E-state index contributed by atoms with van der Waals surface area (Å²) in [6, 6.07) is 0.487. The van der Waals surface area contributed by atoms with Crippen molar-refractivity contribution in [1.29, 1.82) is 0 Å². The molecule has 0 aromatic heterocycles. The van der Waals surface area contributed by atoms with Gasteiger partial charge in [-0.25, -0.2) is 0 Å². The fourth-order valence-corrected chi connectivity index (χ4v) is 2.56. The van der Waals surface area contributed by atoms with Crippen LogP contribution in [0.15, 0.2) is 0 Å². The Balaban J connectivity index is 1.49. The van der Waals surface area contributed by atoms with Gasteiger partial charge in [0.05, 0.1) is 6.10 Å². The zero-order valence-electron chi connectivity index (χ0n) is 11.5. The minimum atomic E-state index is 0.349. The van der Waals surface area contributed by atoms with Crippen molar-refractivity contribution in [2.24, 2.45) is 0 Å². The molecule has 2 atom stereocenters. The van der Waals surface area contributed by atoms with E-state index < -0.39 is 0 Å². The van der Waals surface area contributed by atoms with Gasteiger partial charge in [-0.05, 0) is 39.0 Å². The second-order valence-electron chi connectivity index (χ2n) is 5.57. The number of likely N-dealkylation sites (tertiary alicyclic amines) is 1. The number of rotatable bonds is 7. The summed E-state index contributed by atoms with van der Waals surface area (Å²) in [7, 11) is 0. The van der Waals surface area contributed by atoms with Crippen LogP contribution in [0.4, 0.5) is 0 Å². The maximum atomic E-state index is 11.8. The molecule has 0 spiro atoms. The normalized spacial score (nSPS) is 24.9. The van der Waals surface area contributed by atoms with E-state index in [2.05, 4.69) is 12.2 Å². The van der Waals surface area contributed by atoms with Gasteiger partial charge in [0.1, 0.15) is 0 Å². The molecule has 2 rings (SSSR count). The van der Waals surface area contributed by atoms with Crippen molar-refractivity contribution in [3.63, 3.8) is 0 Å². The molecule has 0 radical (unpaired) electrons. The summed E-state index contributed by atoms with van der Waals surface area (Å²) in [6.07, 6.45) is 6.77. The van der Waals surface area contributed by atoms with E-state index in [1.807, 2.05) is 4.90 Å². The van der Waals surface area contributed by atoms with Gasteiger partial charge >= 0.3 is 0 Å². The number of nitrogens with zero attached hydrogens (tertiary/aromatic N) is 1. The highest BCUT2D eigenvalue weighted by molar-refractivity contribution is 5.76. The number of hydrogen-bond donors (Lipinski definition) is 1. The molecule has 1 amide bonds. The minimum Gasteiger partial charge on any atom is -0.377 e. The van der Waals surface area contributed by atoms with Gasteiger partial charge in [-0.2, -0.15) is 0 Å². The summed E-state index contributed by atoms with van der Waals surface area (Å²) in [4.78, 5) is 13.8. The highest BCUT2D eigenvalue weighted by Crippen LogP contribution is 2.12. The second kappa shape index (κ2) is 7.10. The molecule has 1 N–H and O–H groups in total. The van der Waals surface area contributed by atoms with Gasteiger partial charge in [-0.3, -0.25) is 4.79 Å². The fourth-order valence-electron chi connectivity index (χ4n) is 2.56. The summed E-state index contributed by atoms with van der Waals surface area (Å²) >= 11 is 0. The van der Waals surface area contributed by atoms with Crippen LogP contribution in [0.2, 0.25) is 0 Å². The summed E-state index contributed by atoms with van der Waals surface area (Å²) in [5, 5.41) is 3.48. The van der Waals surface area contributed by atoms with E-state index in [1.165, 1.54) is 19.3 Å². The summed E-state index contributed by atoms with van der Waals surface area (Å²) in [6.45, 7) is 6.03. The van der Waals surface area contributed by atoms with Gasteiger partial charge in [-0.15, -0.1) is 0 Å². The maximum absolute atomic E-state index is 11.8. The molecule has 18 heavy (non-hydrogen) atoms. The topological polar surface area (TPSA) is 41.6 Å². The molecule has 0 aromatic rings. The Morgan fingerprint density at radius 1 is 1.44 bits per heavy atom. The molecular weight excluding hydrogens is 228 g/mol. The van der Waals surface area contributed by atoms with Crippen molar-refractivity contribution in [1.82, 2.24) is 10.2 Å². The van der Waals surface area contributed by atoms with E-state index in [0.717, 1.165) is 39.1 Å². The number of ether oxygens (including phenoxy) is 1. The summed E-state index contributed by atoms with van der Waals surface area (Å²) < 4.78 is 5.37. The highest BCUT2D eigenvalue weighted by atomic mass is 16.5. The third-order valence-electron chi connectivity index (χ3n) is 3.97. The lowest BCUT2D eigenvalue weighted by Crippen LogP contribution is -2.40. The van der Waals surface area contributed by atoms with Crippen LogP contribution >= 0.6 is 0 Å². The van der Waals surface area contributed by atoms with Gasteiger partial charge < -0.3 is 15.0 Å². The molecule has 0 bridgehead atoms. The van der Waals surface area contributed by atoms with Crippen molar-refractivity contribution in [3.8, 4) is 0 Å². The molecule has 2 unspecified atom stereocenters. The summed E-state index contributed by atoms with van der Waals surface area (Å²) in [5.41, 5.74) is 0. The lowest BCUT2D eigenvalue weighted by Gasteiger charge is -2.28. The molecule has 0 aromatic carbocycles. The van der Waals surface area contributed by atoms with Crippen molar-refractivity contribution in [3.05, 3.63) is 0 Å². The Bertz CT molecular complexity index is 261. The van der Waals surface area contributed by atoms with Gasteiger partial charge in [0.25, 0.3) is 0 Å². The van der Waals surface area contributed by atoms with Crippen LogP contribution in [0.25, 0.3) is 0 Å². The molecule has 4 nitrogen and oxygen atoms in total. The Morgan fingerprint density at radius 2 is 2.17 bits per heavy atom. The van der Waals surface area contributed by atoms with Crippen LogP contribution in [0.1, 0.15) is 45.4 Å². The van der Waals surface area contributed by atoms with Crippen LogP contribution in [0.3, 0.4) is 0 Å². The molecule has 4 heteroatoms. The molecular formula is C14H26N2O2. The fraction of sp³-hybridized carbons (Fsp3) is 0.929. The predicted octanol–water partition coefficient (Wildman–Crippen LogP) is 1.55. The monoisotopic (exact) mass is 254 g/mol. The van der Waals surface area contributed by atoms with E-state index in [0.29, 0.717) is 24.5 Å². The maximum Gasteiger partial charge on any atom is 0.222 e. The second-order valence-corrected chi connectivity index (χ2v) is 5.57. The van der Waals surface area contributed by atoms with Gasteiger partial charge in [0.2, 0.25) is 5.91 Å². The zero-order chi connectivity index (χ0) is 12.8. The predicted molar refractivity (Wildman–Crippen MR) is 71.5 cm³/mol. The average Bonchev–Trinajstić information content (AvgIpc) is 2.80. The van der Waals surface area contributed by atoms with Crippen LogP contribution in [0, 0.1) is 0 Å². The first-order valence-corrected chi connectivity index (χ1v) is 7.38. The number of amides is 1. The van der Waals surface area contributed by atoms with E-state index in [4.69, 9.17) is 4.74 Å². The first-order chi connectivity index (χ1) is 8.75. The smallest absolute Gasteiger partial charge is 0.222 e. The third-order valence-corrected chi connectivity index (χ3v) is 3.97. The quantitative estimate of drug-likeness (QED) is 0.749. The number of carbonyl (C=O) groups excluding carboxylic acids is 1. The molecule has 2 aliphatic heterocycles. The first kappa shape index (κ1) is 13.8. The lowest BCUT2D eigenvalue weighted by atomic mass is 10.1. The van der Waals surface area contributed by atoms with Crippen molar-refractivity contribution < 1.29 is 9.53 Å². The Labute approximate surface area is 110 Å². The van der Waals surface area contributed by atoms with Crippen molar-refractivity contribution in [2.75, 3.05) is 26.2 Å². The van der Waals surface area contributed by atoms with E-state index in [1.54, 1.807) is 0 Å². The first-order valence-electron chi connectivity index (χ1n) is 7.38. The standard InChI is InChI=1S/C14H26N2O2/c1-12(15-11-13-7-10-18-13)5-4-6-14(17)16-8-2-3-9-16/h12-13,15H,2-11H2,1H3. The highest BCUT2D eigenvalue weighted by Gasteiger charge is 2.19. The van der Waals surface area contributed by atoms with E-state index in [-0.39, 0.29) is 0 Å². The number of carbonyl (C=O) groups is 1. The number of nitrogens with one attached hydrogen (secondary N) is 1. The Kier molecular flexibility index (Phi) is 5.45. The summed E-state index contributed by atoms with van der Waals surface area (Å²) in [5.74, 6) is 0.349. The largest absolute Gasteiger partial charge is 0.377 e. The van der Waals surface area contributed by atoms with Gasteiger partial charge in [0, 0.05) is 38.7 Å². The zero-order valence-corrected chi connectivity index (χ0v) is 11.5. The molecule has 2 fully saturated rings. The molecule has 2 heterocycles.